The number of amides is 5. The Morgan fingerprint density at radius 1 is 1.29 bits per heavy atom. The number of hydrogen-bond acceptors (Lipinski definition) is 7. The molecule has 2 aliphatic rings. The molecule has 0 aliphatic carbocycles. The van der Waals surface area contributed by atoms with Crippen molar-refractivity contribution in [3.05, 3.63) is 22.4 Å². The number of thiophene rings is 1. The molecule has 0 unspecified atom stereocenters. The van der Waals surface area contributed by atoms with Crippen LogP contribution in [0.3, 0.4) is 0 Å². The van der Waals surface area contributed by atoms with Crippen LogP contribution in [0.5, 0.6) is 0 Å². The summed E-state index contributed by atoms with van der Waals surface area (Å²) in [4.78, 5) is 72.9. The van der Waals surface area contributed by atoms with Crippen molar-refractivity contribution in [1.29, 1.82) is 0 Å². The first kappa shape index (κ1) is 22.2. The second kappa shape index (κ2) is 9.55. The second-order valence-electron chi connectivity index (χ2n) is 7.01. The Bertz CT molecular complexity index is 890. The summed E-state index contributed by atoms with van der Waals surface area (Å²) >= 11 is 1.31. The van der Waals surface area contributed by atoms with E-state index in [0.29, 0.717) is 18.3 Å². The molecule has 0 saturated carbocycles. The van der Waals surface area contributed by atoms with Gasteiger partial charge in [0.15, 0.2) is 0 Å². The van der Waals surface area contributed by atoms with Crippen molar-refractivity contribution in [3.8, 4) is 0 Å². The number of aldehydes is 1. The number of carboxylic acid groups (broad SMARTS) is 1. The third-order valence-corrected chi connectivity index (χ3v) is 5.56. The summed E-state index contributed by atoms with van der Waals surface area (Å²) in [6.07, 6.45) is 0.263. The van der Waals surface area contributed by atoms with Crippen molar-refractivity contribution in [2.75, 3.05) is 13.1 Å². The molecule has 0 bridgehead atoms. The number of nitrogens with zero attached hydrogens (tertiary/aromatic N) is 3. The standard InChI is InChI=1S/C18H21N5O7S/c24-9-12(8-15(26)27)19-17(29)13-2-1-5-22-14(25)3-6-21(18(30)23(13)22)20-16(28)11-4-7-31-10-11/h4,7,9-10,12-13H,1-3,5-6,8H2,(H,19,29)(H,20,28)(H,26,27)/t12-,13-/m0/s1. The summed E-state index contributed by atoms with van der Waals surface area (Å²) in [5, 5.41) is 17.6. The van der Waals surface area contributed by atoms with Gasteiger partial charge in [-0.15, -0.1) is 0 Å². The van der Waals surface area contributed by atoms with Gasteiger partial charge < -0.3 is 15.2 Å². The molecule has 2 saturated heterocycles. The van der Waals surface area contributed by atoms with Gasteiger partial charge in [0.2, 0.25) is 11.8 Å². The molecule has 5 amide bonds. The minimum absolute atomic E-state index is 0.0591. The zero-order chi connectivity index (χ0) is 22.5. The Morgan fingerprint density at radius 2 is 2.06 bits per heavy atom. The van der Waals surface area contributed by atoms with Crippen LogP contribution in [-0.4, -0.2) is 81.3 Å². The van der Waals surface area contributed by atoms with Gasteiger partial charge in [-0.3, -0.25) is 24.6 Å². The van der Waals surface area contributed by atoms with Gasteiger partial charge in [-0.2, -0.15) is 11.3 Å². The average Bonchev–Trinajstić information content (AvgIpc) is 3.25. The van der Waals surface area contributed by atoms with Gasteiger partial charge in [0.25, 0.3) is 5.91 Å². The highest BCUT2D eigenvalue weighted by Crippen LogP contribution is 2.24. The van der Waals surface area contributed by atoms with Crippen LogP contribution >= 0.6 is 11.3 Å². The summed E-state index contributed by atoms with van der Waals surface area (Å²) in [6, 6.07) is -1.60. The van der Waals surface area contributed by atoms with Gasteiger partial charge in [-0.25, -0.2) is 19.8 Å². The first-order valence-corrected chi connectivity index (χ1v) is 10.5. The monoisotopic (exact) mass is 451 g/mol. The number of fused-ring (bicyclic) bond motifs is 1. The minimum atomic E-state index is -1.27. The molecule has 2 aliphatic heterocycles. The molecule has 1 aromatic heterocycles. The zero-order valence-electron chi connectivity index (χ0n) is 16.4. The van der Waals surface area contributed by atoms with Crippen LogP contribution in [-0.2, 0) is 19.2 Å². The normalized spacial score (nSPS) is 19.9. The van der Waals surface area contributed by atoms with Crippen molar-refractivity contribution in [2.45, 2.75) is 37.8 Å². The smallest absolute Gasteiger partial charge is 0.358 e. The van der Waals surface area contributed by atoms with Crippen LogP contribution in [0.25, 0.3) is 0 Å². The van der Waals surface area contributed by atoms with E-state index in [-0.39, 0.29) is 25.9 Å². The van der Waals surface area contributed by atoms with E-state index in [0.717, 1.165) is 10.0 Å². The predicted octanol–water partition coefficient (Wildman–Crippen LogP) is -0.415. The van der Waals surface area contributed by atoms with E-state index in [1.807, 2.05) is 0 Å². The topological polar surface area (TPSA) is 156 Å². The van der Waals surface area contributed by atoms with E-state index >= 15 is 0 Å². The van der Waals surface area contributed by atoms with E-state index in [4.69, 9.17) is 5.11 Å². The molecule has 31 heavy (non-hydrogen) atoms. The predicted molar refractivity (Wildman–Crippen MR) is 105 cm³/mol. The van der Waals surface area contributed by atoms with Crippen molar-refractivity contribution < 1.29 is 33.9 Å². The third-order valence-electron chi connectivity index (χ3n) is 4.88. The lowest BCUT2D eigenvalue weighted by molar-refractivity contribution is -0.155. The van der Waals surface area contributed by atoms with Crippen molar-refractivity contribution >= 4 is 47.3 Å². The second-order valence-corrected chi connectivity index (χ2v) is 7.79. The van der Waals surface area contributed by atoms with Crippen LogP contribution in [0.4, 0.5) is 4.79 Å². The number of carbonyl (C=O) groups excluding carboxylic acids is 5. The Labute approximate surface area is 180 Å². The molecular weight excluding hydrogens is 430 g/mol. The number of nitrogens with one attached hydrogen (secondary N) is 2. The summed E-state index contributed by atoms with van der Waals surface area (Å²) < 4.78 is 0. The Morgan fingerprint density at radius 3 is 2.71 bits per heavy atom. The summed E-state index contributed by atoms with van der Waals surface area (Å²) in [6.45, 7) is 0.137. The maximum absolute atomic E-state index is 13.2. The van der Waals surface area contributed by atoms with Crippen molar-refractivity contribution in [3.63, 3.8) is 0 Å². The fraction of sp³-hybridized carbons (Fsp3) is 0.444. The first-order valence-electron chi connectivity index (χ1n) is 9.53. The van der Waals surface area contributed by atoms with Gasteiger partial charge in [-0.05, 0) is 24.3 Å². The van der Waals surface area contributed by atoms with Gasteiger partial charge in [0.1, 0.15) is 12.3 Å². The molecule has 2 fully saturated rings. The van der Waals surface area contributed by atoms with E-state index in [9.17, 15) is 28.8 Å². The Kier molecular flexibility index (Phi) is 6.84. The van der Waals surface area contributed by atoms with Crippen LogP contribution in [0.2, 0.25) is 0 Å². The molecule has 13 heteroatoms. The van der Waals surface area contributed by atoms with Crippen LogP contribution in [0.1, 0.15) is 36.0 Å². The third kappa shape index (κ3) is 4.99. The summed E-state index contributed by atoms with van der Waals surface area (Å²) in [5.74, 6) is -2.95. The Balaban J connectivity index is 1.80. The number of carbonyl (C=O) groups is 6. The molecule has 166 valence electrons. The molecule has 3 heterocycles. The summed E-state index contributed by atoms with van der Waals surface area (Å²) in [7, 11) is 0. The van der Waals surface area contributed by atoms with E-state index in [1.54, 1.807) is 16.8 Å². The number of carboxylic acids is 1. The number of hydrogen-bond donors (Lipinski definition) is 3. The lowest BCUT2D eigenvalue weighted by atomic mass is 10.1. The Hall–Kier alpha value is -3.48. The van der Waals surface area contributed by atoms with E-state index in [2.05, 4.69) is 10.7 Å². The van der Waals surface area contributed by atoms with Gasteiger partial charge in [0, 0.05) is 18.3 Å². The molecular formula is C18H21N5O7S. The number of hydrazine groups is 2. The maximum Gasteiger partial charge on any atom is 0.358 e. The highest BCUT2D eigenvalue weighted by atomic mass is 32.1. The van der Waals surface area contributed by atoms with Crippen LogP contribution in [0, 0.1) is 0 Å². The minimum Gasteiger partial charge on any atom is -0.481 e. The van der Waals surface area contributed by atoms with E-state index in [1.165, 1.54) is 16.3 Å². The lowest BCUT2D eigenvalue weighted by Crippen LogP contribution is -2.64. The number of aliphatic carboxylic acids is 1. The first-order chi connectivity index (χ1) is 14.8. The zero-order valence-corrected chi connectivity index (χ0v) is 17.2. The lowest BCUT2D eigenvalue weighted by Gasteiger charge is -2.42. The maximum atomic E-state index is 13.2. The fourth-order valence-electron chi connectivity index (χ4n) is 3.40. The molecule has 0 aromatic carbocycles. The number of urea groups is 1. The molecule has 3 rings (SSSR count). The number of rotatable bonds is 7. The van der Waals surface area contributed by atoms with E-state index < -0.39 is 48.2 Å². The molecule has 1 aromatic rings. The van der Waals surface area contributed by atoms with Crippen LogP contribution < -0.4 is 10.7 Å². The van der Waals surface area contributed by atoms with Gasteiger partial charge in [-0.1, -0.05) is 0 Å². The largest absolute Gasteiger partial charge is 0.481 e. The highest BCUT2D eigenvalue weighted by molar-refractivity contribution is 7.08. The summed E-state index contributed by atoms with van der Waals surface area (Å²) in [5.41, 5.74) is 2.82. The molecule has 3 N–H and O–H groups in total. The van der Waals surface area contributed by atoms with Gasteiger partial charge in [0.05, 0.1) is 24.6 Å². The highest BCUT2D eigenvalue weighted by Gasteiger charge is 2.44. The molecule has 12 nitrogen and oxygen atoms in total. The molecule has 2 atom stereocenters. The van der Waals surface area contributed by atoms with Crippen LogP contribution in [0.15, 0.2) is 16.8 Å². The van der Waals surface area contributed by atoms with Crippen molar-refractivity contribution in [1.82, 2.24) is 25.8 Å². The van der Waals surface area contributed by atoms with Gasteiger partial charge >= 0.3 is 12.0 Å². The SMILES string of the molecule is O=C[C@H](CC(=O)O)NC(=O)[C@@H]1CCCN2C(=O)CCN(NC(=O)c3ccsc3)C(=O)N12. The quantitative estimate of drug-likeness (QED) is 0.476. The average molecular weight is 451 g/mol. The van der Waals surface area contributed by atoms with Crippen molar-refractivity contribution in [2.24, 2.45) is 0 Å². The molecule has 0 radical (unpaired) electrons. The fourth-order valence-corrected chi connectivity index (χ4v) is 4.03. The molecule has 0 spiro atoms.